The Labute approximate surface area is 163 Å². The highest BCUT2D eigenvalue weighted by molar-refractivity contribution is 5.82. The zero-order valence-electron chi connectivity index (χ0n) is 15.9. The molecular formula is C21H26N6O. The first-order chi connectivity index (χ1) is 13.7. The van der Waals surface area contributed by atoms with Crippen LogP contribution in [0, 0.1) is 5.92 Å². The van der Waals surface area contributed by atoms with Crippen LogP contribution in [-0.2, 0) is 0 Å². The van der Waals surface area contributed by atoms with E-state index in [0.717, 1.165) is 48.8 Å². The van der Waals surface area contributed by atoms with Gasteiger partial charge in [0.05, 0.1) is 41.3 Å². The largest absolute Gasteiger partial charge is 0.393 e. The highest BCUT2D eigenvalue weighted by Gasteiger charge is 2.35. The number of nitrogens with two attached hydrogens (primary N) is 1. The molecule has 0 aliphatic heterocycles. The molecule has 0 unspecified atom stereocenters. The van der Waals surface area contributed by atoms with Gasteiger partial charge in [-0.05, 0) is 57.1 Å². The van der Waals surface area contributed by atoms with Gasteiger partial charge >= 0.3 is 0 Å². The molecule has 7 heteroatoms. The first kappa shape index (κ1) is 16.7. The molecule has 3 heterocycles. The van der Waals surface area contributed by atoms with Gasteiger partial charge in [0.25, 0.3) is 0 Å². The average molecular weight is 378 g/mol. The lowest BCUT2D eigenvalue weighted by Crippen LogP contribution is -2.32. The van der Waals surface area contributed by atoms with E-state index in [-0.39, 0.29) is 12.1 Å². The van der Waals surface area contributed by atoms with Crippen LogP contribution in [0.15, 0.2) is 24.7 Å². The molecule has 3 saturated carbocycles. The summed E-state index contributed by atoms with van der Waals surface area (Å²) in [5.41, 5.74) is 10.3. The van der Waals surface area contributed by atoms with Gasteiger partial charge < -0.3 is 10.8 Å². The van der Waals surface area contributed by atoms with Crippen molar-refractivity contribution in [2.75, 3.05) is 6.54 Å². The monoisotopic (exact) mass is 378 g/mol. The summed E-state index contributed by atoms with van der Waals surface area (Å²) >= 11 is 0. The third-order valence-electron chi connectivity index (χ3n) is 6.83. The molecule has 3 aliphatic carbocycles. The Balaban J connectivity index is 1.38. The van der Waals surface area contributed by atoms with Gasteiger partial charge in [-0.25, -0.2) is 0 Å². The highest BCUT2D eigenvalue weighted by atomic mass is 16.3. The maximum atomic E-state index is 9.67. The van der Waals surface area contributed by atoms with Crippen LogP contribution in [0.25, 0.3) is 22.2 Å². The number of hydrogen-bond donors (Lipinski definition) is 2. The smallest absolute Gasteiger partial charge is 0.0758 e. The molecule has 3 aromatic rings. The van der Waals surface area contributed by atoms with Crippen LogP contribution in [0.2, 0.25) is 0 Å². The fourth-order valence-electron chi connectivity index (χ4n) is 4.69. The maximum Gasteiger partial charge on any atom is 0.0758 e. The van der Waals surface area contributed by atoms with Crippen molar-refractivity contribution in [1.82, 2.24) is 24.5 Å². The second-order valence-corrected chi connectivity index (χ2v) is 8.91. The van der Waals surface area contributed by atoms with E-state index in [0.29, 0.717) is 17.9 Å². The fraction of sp³-hybridized carbons (Fsp3) is 0.571. The van der Waals surface area contributed by atoms with Gasteiger partial charge in [0.15, 0.2) is 0 Å². The number of aliphatic hydroxyl groups excluding tert-OH is 1. The first-order valence-corrected chi connectivity index (χ1v) is 10.5. The van der Waals surface area contributed by atoms with Crippen LogP contribution >= 0.6 is 0 Å². The molecule has 28 heavy (non-hydrogen) atoms. The van der Waals surface area contributed by atoms with E-state index in [1.807, 2.05) is 12.4 Å². The van der Waals surface area contributed by atoms with E-state index >= 15 is 0 Å². The summed E-state index contributed by atoms with van der Waals surface area (Å²) in [6.45, 7) is 0.776. The topological polar surface area (TPSA) is 94.8 Å². The number of fused-ring (bicyclic) bond motifs is 1. The van der Waals surface area contributed by atoms with Gasteiger partial charge in [-0.2, -0.15) is 10.2 Å². The third-order valence-corrected chi connectivity index (χ3v) is 6.83. The van der Waals surface area contributed by atoms with E-state index in [1.165, 1.54) is 24.1 Å². The van der Waals surface area contributed by atoms with Crippen LogP contribution < -0.4 is 5.73 Å². The van der Waals surface area contributed by atoms with Gasteiger partial charge in [0, 0.05) is 29.3 Å². The maximum absolute atomic E-state index is 9.67. The van der Waals surface area contributed by atoms with Gasteiger partial charge in [-0.15, -0.1) is 0 Å². The normalized spacial score (nSPS) is 29.6. The van der Waals surface area contributed by atoms with Crippen molar-refractivity contribution in [2.45, 2.75) is 62.6 Å². The summed E-state index contributed by atoms with van der Waals surface area (Å²) in [7, 11) is 0. The molecule has 0 spiro atoms. The summed E-state index contributed by atoms with van der Waals surface area (Å²) in [5, 5.41) is 20.3. The van der Waals surface area contributed by atoms with Crippen LogP contribution in [0.4, 0.5) is 0 Å². The van der Waals surface area contributed by atoms with Crippen molar-refractivity contribution in [3.63, 3.8) is 0 Å². The molecular weight excluding hydrogens is 352 g/mol. The lowest BCUT2D eigenvalue weighted by molar-refractivity contribution is 0.0453. The molecule has 0 radical (unpaired) electrons. The van der Waals surface area contributed by atoms with Gasteiger partial charge in [0.1, 0.15) is 0 Å². The molecule has 3 N–H and O–H groups in total. The summed E-state index contributed by atoms with van der Waals surface area (Å²) in [6.07, 6.45) is 12.1. The molecule has 3 fully saturated rings. The van der Waals surface area contributed by atoms with Gasteiger partial charge in [-0.3, -0.25) is 14.3 Å². The Morgan fingerprint density at radius 3 is 2.64 bits per heavy atom. The zero-order chi connectivity index (χ0) is 18.8. The van der Waals surface area contributed by atoms with E-state index < -0.39 is 0 Å². The van der Waals surface area contributed by atoms with Crippen LogP contribution in [0.5, 0.6) is 0 Å². The second-order valence-electron chi connectivity index (χ2n) is 8.91. The predicted molar refractivity (Wildman–Crippen MR) is 106 cm³/mol. The van der Waals surface area contributed by atoms with E-state index in [4.69, 9.17) is 15.8 Å². The minimum absolute atomic E-state index is 0.190. The number of rotatable bonds is 5. The van der Waals surface area contributed by atoms with Gasteiger partial charge in [0.2, 0.25) is 0 Å². The fourth-order valence-corrected chi connectivity index (χ4v) is 4.69. The quantitative estimate of drug-likeness (QED) is 0.712. The van der Waals surface area contributed by atoms with Crippen LogP contribution in [0.1, 0.15) is 62.2 Å². The zero-order valence-corrected chi connectivity index (χ0v) is 15.9. The van der Waals surface area contributed by atoms with Crippen molar-refractivity contribution in [3.8, 4) is 11.3 Å². The number of aromatic nitrogens is 5. The molecule has 146 valence electrons. The first-order valence-electron chi connectivity index (χ1n) is 10.5. The van der Waals surface area contributed by atoms with Crippen LogP contribution in [0.3, 0.4) is 0 Å². The molecule has 0 aromatic carbocycles. The molecule has 0 atom stereocenters. The number of hydrogen-bond acceptors (Lipinski definition) is 5. The molecule has 6 rings (SSSR count). The van der Waals surface area contributed by atoms with Gasteiger partial charge in [-0.1, -0.05) is 0 Å². The van der Waals surface area contributed by atoms with Crippen molar-refractivity contribution in [1.29, 1.82) is 0 Å². The summed E-state index contributed by atoms with van der Waals surface area (Å²) in [5.74, 6) is 1.22. The molecule has 0 bridgehead atoms. The summed E-state index contributed by atoms with van der Waals surface area (Å²) in [6, 6.07) is 2.92. The van der Waals surface area contributed by atoms with E-state index in [1.54, 1.807) is 0 Å². The van der Waals surface area contributed by atoms with Crippen molar-refractivity contribution < 1.29 is 5.11 Å². The SMILES string of the molecule is NCC1CC(n2cc(-c3cc4c(cn3)cnn4C3CC(O)C3)c(C3CC3)n2)C1. The minimum atomic E-state index is -0.190. The Bertz CT molecular complexity index is 1020. The summed E-state index contributed by atoms with van der Waals surface area (Å²) in [4.78, 5) is 4.75. The predicted octanol–water partition coefficient (Wildman–Crippen LogP) is 2.78. The molecule has 3 aromatic heterocycles. The minimum Gasteiger partial charge on any atom is -0.393 e. The highest BCUT2D eigenvalue weighted by Crippen LogP contribution is 2.45. The Morgan fingerprint density at radius 1 is 1.11 bits per heavy atom. The molecule has 0 saturated heterocycles. The lowest BCUT2D eigenvalue weighted by Gasteiger charge is -2.34. The van der Waals surface area contributed by atoms with Crippen molar-refractivity contribution in [3.05, 3.63) is 30.4 Å². The molecule has 3 aliphatic rings. The second kappa shape index (κ2) is 6.12. The average Bonchev–Trinajstić information content (AvgIpc) is 3.26. The Hall–Kier alpha value is -2.25. The molecule has 7 nitrogen and oxygen atoms in total. The van der Waals surface area contributed by atoms with E-state index in [2.05, 4.69) is 26.7 Å². The summed E-state index contributed by atoms with van der Waals surface area (Å²) < 4.78 is 4.23. The van der Waals surface area contributed by atoms with Crippen molar-refractivity contribution >= 4 is 10.9 Å². The molecule has 0 amide bonds. The lowest BCUT2D eigenvalue weighted by atomic mass is 9.80. The Kier molecular flexibility index (Phi) is 3.65. The van der Waals surface area contributed by atoms with Crippen LogP contribution in [-0.4, -0.2) is 42.3 Å². The number of pyridine rings is 1. The number of nitrogens with zero attached hydrogens (tertiary/aromatic N) is 5. The third kappa shape index (κ3) is 2.60. The van der Waals surface area contributed by atoms with E-state index in [9.17, 15) is 5.11 Å². The number of aliphatic hydroxyl groups is 1. The Morgan fingerprint density at radius 2 is 1.93 bits per heavy atom. The standard InChI is InChI=1S/C21H26N6O/c22-8-12-3-15(4-12)26-11-18(21(25-26)13-1-2-13)19-7-20-14(9-23-19)10-24-27(20)16-5-17(28)6-16/h7,9-13,15-17,28H,1-6,8,22H2. The van der Waals surface area contributed by atoms with Crippen molar-refractivity contribution in [2.24, 2.45) is 11.7 Å².